The van der Waals surface area contributed by atoms with Crippen molar-refractivity contribution >= 4 is 22.8 Å². The number of benzene rings is 2. The summed E-state index contributed by atoms with van der Waals surface area (Å²) in [6.07, 6.45) is 3.34. The first-order chi connectivity index (χ1) is 25.0. The van der Waals surface area contributed by atoms with Crippen molar-refractivity contribution in [2.75, 3.05) is 23.7 Å². The van der Waals surface area contributed by atoms with E-state index in [0.717, 1.165) is 59.1 Å². The van der Waals surface area contributed by atoms with Crippen LogP contribution in [0.2, 0.25) is 0 Å². The molecule has 1 unspecified atom stereocenters. The third-order valence-corrected chi connectivity index (χ3v) is 8.25. The second-order valence-corrected chi connectivity index (χ2v) is 11.4. The van der Waals surface area contributed by atoms with Crippen LogP contribution in [-0.2, 0) is 6.54 Å². The van der Waals surface area contributed by atoms with E-state index in [2.05, 4.69) is 79.6 Å². The first-order valence-corrected chi connectivity index (χ1v) is 18.0. The molecule has 2 atom stereocenters. The molecular formula is C41H50N10. The van der Waals surface area contributed by atoms with Gasteiger partial charge in [-0.2, -0.15) is 5.26 Å². The molecule has 0 bridgehead atoms. The van der Waals surface area contributed by atoms with Gasteiger partial charge in [-0.1, -0.05) is 84.0 Å². The van der Waals surface area contributed by atoms with Crippen LogP contribution in [0.3, 0.4) is 0 Å². The predicted octanol–water partition coefficient (Wildman–Crippen LogP) is 8.57. The molecule has 5 heterocycles. The lowest BCUT2D eigenvalue weighted by molar-refractivity contribution is 0.191. The third kappa shape index (κ3) is 8.56. The maximum Gasteiger partial charge on any atom is 0.234 e. The Kier molecular flexibility index (Phi) is 13.7. The molecule has 10 nitrogen and oxygen atoms in total. The maximum absolute atomic E-state index is 9.26. The molecule has 51 heavy (non-hydrogen) atoms. The number of rotatable bonds is 6. The van der Waals surface area contributed by atoms with Crippen LogP contribution in [0.5, 0.6) is 0 Å². The van der Waals surface area contributed by atoms with Crippen molar-refractivity contribution < 1.29 is 0 Å². The molecule has 2 N–H and O–H groups in total. The molecule has 1 saturated heterocycles. The van der Waals surface area contributed by atoms with E-state index in [0.29, 0.717) is 11.6 Å². The van der Waals surface area contributed by atoms with Crippen LogP contribution < -0.4 is 10.6 Å². The Morgan fingerprint density at radius 3 is 2.08 bits per heavy atom. The highest BCUT2D eigenvalue weighted by Gasteiger charge is 2.30. The molecule has 0 amide bonds. The number of nitrogens with two attached hydrogens (primary N) is 1. The molecule has 6 aromatic rings. The number of aromatic nitrogens is 6. The molecule has 0 saturated carbocycles. The van der Waals surface area contributed by atoms with Crippen molar-refractivity contribution in [2.45, 2.75) is 74.0 Å². The van der Waals surface area contributed by atoms with Gasteiger partial charge in [-0.25, -0.2) is 24.9 Å². The van der Waals surface area contributed by atoms with E-state index >= 15 is 0 Å². The Bertz CT molecular complexity index is 2000. The zero-order chi connectivity index (χ0) is 36.9. The molecule has 4 aromatic heterocycles. The highest BCUT2D eigenvalue weighted by molar-refractivity contribution is 5.84. The van der Waals surface area contributed by atoms with Crippen molar-refractivity contribution in [1.82, 2.24) is 34.4 Å². The first-order valence-electron chi connectivity index (χ1n) is 18.0. The van der Waals surface area contributed by atoms with Gasteiger partial charge < -0.3 is 10.6 Å². The van der Waals surface area contributed by atoms with Gasteiger partial charge in [-0.05, 0) is 61.9 Å². The fourth-order valence-corrected chi connectivity index (χ4v) is 6.33. The van der Waals surface area contributed by atoms with Gasteiger partial charge >= 0.3 is 0 Å². The highest BCUT2D eigenvalue weighted by atomic mass is 15.3. The van der Waals surface area contributed by atoms with Crippen LogP contribution in [-0.4, -0.2) is 59.6 Å². The zero-order valence-corrected chi connectivity index (χ0v) is 31.1. The number of nitrogen functional groups attached to an aromatic ring is 1. The van der Waals surface area contributed by atoms with Gasteiger partial charge in [0.25, 0.3) is 0 Å². The summed E-state index contributed by atoms with van der Waals surface area (Å²) in [5.74, 6) is 2.11. The van der Waals surface area contributed by atoms with Crippen LogP contribution in [0.15, 0.2) is 97.3 Å². The minimum Gasteiger partial charge on any atom is -0.383 e. The molecule has 1 fully saturated rings. The molecule has 264 valence electrons. The van der Waals surface area contributed by atoms with Gasteiger partial charge in [0.15, 0.2) is 11.5 Å². The van der Waals surface area contributed by atoms with Gasteiger partial charge in [-0.3, -0.25) is 9.47 Å². The SMILES string of the molecule is CC.CC.CC.CC1CN(Cc2ccc(-n3c(-c4cccnc4N)nc4ccc(-c5ccccc5)nc43)cc2)C[C@@H](C)N1c1ccnc(C#N)n1. The average Bonchev–Trinajstić information content (AvgIpc) is 3.56. The van der Waals surface area contributed by atoms with Crippen LogP contribution in [0.25, 0.3) is 39.5 Å². The number of hydrogen-bond acceptors (Lipinski definition) is 9. The number of nitriles is 1. The van der Waals surface area contributed by atoms with Gasteiger partial charge in [0.05, 0.1) is 11.3 Å². The van der Waals surface area contributed by atoms with E-state index < -0.39 is 0 Å². The fourth-order valence-electron chi connectivity index (χ4n) is 6.33. The summed E-state index contributed by atoms with van der Waals surface area (Å²) < 4.78 is 2.07. The lowest BCUT2D eigenvalue weighted by atomic mass is 10.1. The molecule has 0 aliphatic carbocycles. The largest absolute Gasteiger partial charge is 0.383 e. The number of nitrogens with zero attached hydrogens (tertiary/aromatic N) is 9. The average molecular weight is 683 g/mol. The van der Waals surface area contributed by atoms with Crippen LogP contribution in [0.1, 0.15) is 66.8 Å². The summed E-state index contributed by atoms with van der Waals surface area (Å²) in [5.41, 5.74) is 12.7. The lowest BCUT2D eigenvalue weighted by Crippen LogP contribution is -2.56. The fraction of sp³-hybridized carbons (Fsp3) is 0.317. The Morgan fingerprint density at radius 1 is 0.745 bits per heavy atom. The predicted molar refractivity (Wildman–Crippen MR) is 209 cm³/mol. The summed E-state index contributed by atoms with van der Waals surface area (Å²) >= 11 is 0. The smallest absolute Gasteiger partial charge is 0.234 e. The number of anilines is 2. The maximum atomic E-state index is 9.26. The summed E-state index contributed by atoms with van der Waals surface area (Å²) in [6.45, 7) is 19.0. The van der Waals surface area contributed by atoms with Gasteiger partial charge in [0, 0.05) is 55.4 Å². The summed E-state index contributed by atoms with van der Waals surface area (Å²) in [5, 5.41) is 9.26. The standard InChI is InChI=1S/C35H32N10.3C2H6/c1-23-20-43(21-24(2)44(23)32-16-18-38-31(19-36)42-32)22-25-10-12-27(13-11-25)45-34(28-9-6-17-39-33(28)37)41-30-15-14-29(40-35(30)45)26-7-4-3-5-8-26;3*1-2/h3-18,23-24H,20-22H2,1-2H3,(H2,37,39);3*1-2H3/t23-,24?;;;/m1.../s1. The van der Waals surface area contributed by atoms with Crippen molar-refractivity contribution in [2.24, 2.45) is 0 Å². The van der Waals surface area contributed by atoms with Crippen molar-refractivity contribution in [3.63, 3.8) is 0 Å². The first kappa shape index (κ1) is 38.1. The molecular weight excluding hydrogens is 633 g/mol. The number of hydrogen-bond donors (Lipinski definition) is 1. The number of fused-ring (bicyclic) bond motifs is 1. The van der Waals surface area contributed by atoms with Crippen molar-refractivity contribution in [3.8, 4) is 34.4 Å². The molecule has 2 aromatic carbocycles. The van der Waals surface area contributed by atoms with Gasteiger partial charge in [0.2, 0.25) is 5.82 Å². The summed E-state index contributed by atoms with van der Waals surface area (Å²) in [6, 6.07) is 30.9. The van der Waals surface area contributed by atoms with Gasteiger partial charge in [0.1, 0.15) is 23.2 Å². The molecule has 1 aliphatic heterocycles. The molecule has 10 heteroatoms. The van der Waals surface area contributed by atoms with E-state index in [9.17, 15) is 5.26 Å². The Labute approximate surface area is 302 Å². The quantitative estimate of drug-likeness (QED) is 0.184. The second kappa shape index (κ2) is 18.4. The van der Waals surface area contributed by atoms with E-state index in [1.807, 2.05) is 96.1 Å². The van der Waals surface area contributed by atoms with E-state index in [1.54, 1.807) is 12.4 Å². The molecule has 0 radical (unpaired) electrons. The topological polar surface area (TPSA) is 126 Å². The van der Waals surface area contributed by atoms with Crippen LogP contribution >= 0.6 is 0 Å². The minimum atomic E-state index is 0.195. The second-order valence-electron chi connectivity index (χ2n) is 11.4. The number of piperazine rings is 1. The lowest BCUT2D eigenvalue weighted by Gasteiger charge is -2.45. The number of imidazole rings is 1. The van der Waals surface area contributed by atoms with Crippen molar-refractivity contribution in [1.29, 1.82) is 5.26 Å². The van der Waals surface area contributed by atoms with Crippen molar-refractivity contribution in [3.05, 3.63) is 109 Å². The normalized spacial score (nSPS) is 15.3. The van der Waals surface area contributed by atoms with Crippen LogP contribution in [0.4, 0.5) is 11.6 Å². The van der Waals surface area contributed by atoms with E-state index in [1.165, 1.54) is 5.56 Å². The third-order valence-electron chi connectivity index (χ3n) is 8.25. The van der Waals surface area contributed by atoms with Gasteiger partial charge in [-0.15, -0.1) is 0 Å². The highest BCUT2D eigenvalue weighted by Crippen LogP contribution is 2.32. The summed E-state index contributed by atoms with van der Waals surface area (Å²) in [7, 11) is 0. The minimum absolute atomic E-state index is 0.195. The Balaban J connectivity index is 0.000000925. The molecule has 7 rings (SSSR count). The monoisotopic (exact) mass is 682 g/mol. The van der Waals surface area contributed by atoms with E-state index in [-0.39, 0.29) is 17.9 Å². The van der Waals surface area contributed by atoms with Crippen LogP contribution in [0, 0.1) is 11.3 Å². The Hall–Kier alpha value is -5.66. The molecule has 0 spiro atoms. The summed E-state index contributed by atoms with van der Waals surface area (Å²) in [4.78, 5) is 27.6. The number of pyridine rings is 2. The molecule has 1 aliphatic rings. The Morgan fingerprint density at radius 2 is 1.43 bits per heavy atom. The van der Waals surface area contributed by atoms with E-state index in [4.69, 9.17) is 15.7 Å². The zero-order valence-electron chi connectivity index (χ0n) is 31.1.